The summed E-state index contributed by atoms with van der Waals surface area (Å²) in [5, 5.41) is 0.897. The zero-order valence-corrected chi connectivity index (χ0v) is 18.1. The Morgan fingerprint density at radius 2 is 1.93 bits per heavy atom. The van der Waals surface area contributed by atoms with E-state index in [2.05, 4.69) is 9.71 Å². The second-order valence-corrected chi connectivity index (χ2v) is 9.85. The van der Waals surface area contributed by atoms with Crippen molar-refractivity contribution in [3.05, 3.63) is 35.0 Å². The molecule has 0 saturated heterocycles. The van der Waals surface area contributed by atoms with E-state index in [9.17, 15) is 18.0 Å². The molecule has 162 valence electrons. The van der Waals surface area contributed by atoms with Gasteiger partial charge in [-0.2, -0.15) is 0 Å². The summed E-state index contributed by atoms with van der Waals surface area (Å²) in [6.45, 7) is 1.89. The number of sulfonamides is 1. The molecule has 3 rings (SSSR count). The van der Waals surface area contributed by atoms with Gasteiger partial charge < -0.3 is 16.2 Å². The molecular weight excluding hydrogens is 428 g/mol. The standard InChI is InChI=1S/C19H24N4O5S2/c1-2-23-30(26,27)16-9-12(17(20)24)5-8-14(16)15-10-22-18(29-15)11-3-6-13(7-4-11)28-19(21)25/h5,8-11,13,23H,2-4,6-7H2,1H3,(H2,20,24)(H2,21,25)/t11-,13-. The van der Waals surface area contributed by atoms with Gasteiger partial charge in [-0.15, -0.1) is 11.3 Å². The quantitative estimate of drug-likeness (QED) is 0.586. The maximum atomic E-state index is 12.7. The Balaban J connectivity index is 1.88. The number of ether oxygens (including phenoxy) is 1. The highest BCUT2D eigenvalue weighted by Gasteiger charge is 2.27. The first kappa shape index (κ1) is 22.2. The zero-order chi connectivity index (χ0) is 21.9. The van der Waals surface area contributed by atoms with E-state index in [0.717, 1.165) is 17.8 Å². The average molecular weight is 453 g/mol. The molecule has 11 heteroatoms. The van der Waals surface area contributed by atoms with E-state index in [1.165, 1.54) is 23.5 Å². The number of amides is 2. The lowest BCUT2D eigenvalue weighted by molar-refractivity contribution is 0.0787. The van der Waals surface area contributed by atoms with E-state index in [1.807, 2.05) is 0 Å². The highest BCUT2D eigenvalue weighted by atomic mass is 32.2. The highest BCUT2D eigenvalue weighted by molar-refractivity contribution is 7.89. The van der Waals surface area contributed by atoms with Gasteiger partial charge in [-0.25, -0.2) is 22.9 Å². The second-order valence-electron chi connectivity index (χ2n) is 7.05. The van der Waals surface area contributed by atoms with Gasteiger partial charge in [0.15, 0.2) is 0 Å². The third kappa shape index (κ3) is 4.97. The molecule has 1 fully saturated rings. The number of carbonyl (C=O) groups excluding carboxylic acids is 2. The van der Waals surface area contributed by atoms with Gasteiger partial charge in [0.05, 0.1) is 14.8 Å². The molecule has 1 aromatic carbocycles. The number of rotatable bonds is 7. The lowest BCUT2D eigenvalue weighted by Gasteiger charge is -2.26. The van der Waals surface area contributed by atoms with Crippen molar-refractivity contribution in [2.45, 2.75) is 49.5 Å². The second kappa shape index (κ2) is 9.11. The molecule has 1 heterocycles. The highest BCUT2D eigenvalue weighted by Crippen LogP contribution is 2.39. The number of benzene rings is 1. The molecule has 0 bridgehead atoms. The number of hydrogen-bond donors (Lipinski definition) is 3. The van der Waals surface area contributed by atoms with E-state index >= 15 is 0 Å². The van der Waals surface area contributed by atoms with Crippen LogP contribution in [0.5, 0.6) is 0 Å². The smallest absolute Gasteiger partial charge is 0.404 e. The molecule has 0 spiro atoms. The number of hydrogen-bond acceptors (Lipinski definition) is 7. The van der Waals surface area contributed by atoms with Crippen molar-refractivity contribution in [1.29, 1.82) is 0 Å². The minimum atomic E-state index is -3.82. The van der Waals surface area contributed by atoms with Gasteiger partial charge in [-0.1, -0.05) is 13.0 Å². The first-order valence-electron chi connectivity index (χ1n) is 9.57. The molecule has 9 nitrogen and oxygen atoms in total. The number of aromatic nitrogens is 1. The molecule has 1 saturated carbocycles. The molecule has 30 heavy (non-hydrogen) atoms. The van der Waals surface area contributed by atoms with Crippen molar-refractivity contribution in [3.63, 3.8) is 0 Å². The molecule has 0 radical (unpaired) electrons. The van der Waals surface area contributed by atoms with Crippen molar-refractivity contribution < 1.29 is 22.7 Å². The van der Waals surface area contributed by atoms with Crippen LogP contribution in [0.3, 0.4) is 0 Å². The van der Waals surface area contributed by atoms with Gasteiger partial charge in [-0.05, 0) is 37.8 Å². The summed E-state index contributed by atoms with van der Waals surface area (Å²) >= 11 is 1.42. The number of thiazole rings is 1. The average Bonchev–Trinajstić information content (AvgIpc) is 3.17. The monoisotopic (exact) mass is 452 g/mol. The summed E-state index contributed by atoms with van der Waals surface area (Å²) in [5.74, 6) is -0.496. The van der Waals surface area contributed by atoms with Gasteiger partial charge in [0.1, 0.15) is 6.10 Å². The normalized spacial score (nSPS) is 19.4. The van der Waals surface area contributed by atoms with E-state index in [0.29, 0.717) is 23.3 Å². The summed E-state index contributed by atoms with van der Waals surface area (Å²) < 4.78 is 32.9. The number of primary amides is 2. The minimum absolute atomic E-state index is 0.00517. The maximum absolute atomic E-state index is 12.7. The summed E-state index contributed by atoms with van der Waals surface area (Å²) in [4.78, 5) is 27.7. The Kier molecular flexibility index (Phi) is 6.74. The van der Waals surface area contributed by atoms with Gasteiger partial charge >= 0.3 is 6.09 Å². The Hall–Kier alpha value is -2.50. The number of nitrogens with two attached hydrogens (primary N) is 2. The summed E-state index contributed by atoms with van der Waals surface area (Å²) in [6, 6.07) is 4.38. The molecule has 1 aromatic heterocycles. The maximum Gasteiger partial charge on any atom is 0.404 e. The summed E-state index contributed by atoms with van der Waals surface area (Å²) in [6.07, 6.45) is 3.73. The minimum Gasteiger partial charge on any atom is -0.446 e. The molecule has 5 N–H and O–H groups in total. The Morgan fingerprint density at radius 1 is 1.23 bits per heavy atom. The van der Waals surface area contributed by atoms with Crippen molar-refractivity contribution >= 4 is 33.4 Å². The zero-order valence-electron chi connectivity index (χ0n) is 16.5. The first-order valence-corrected chi connectivity index (χ1v) is 11.9. The van der Waals surface area contributed by atoms with Crippen LogP contribution in [0.2, 0.25) is 0 Å². The molecule has 2 amide bonds. The van der Waals surface area contributed by atoms with Crippen molar-refractivity contribution in [2.75, 3.05) is 6.54 Å². The van der Waals surface area contributed by atoms with Crippen LogP contribution >= 0.6 is 11.3 Å². The number of nitrogens with one attached hydrogen (secondary N) is 1. The Bertz CT molecular complexity index is 1040. The fraction of sp³-hybridized carbons (Fsp3) is 0.421. The van der Waals surface area contributed by atoms with E-state index in [4.69, 9.17) is 16.2 Å². The Labute approximate surface area is 178 Å². The van der Waals surface area contributed by atoms with Gasteiger partial charge in [0.2, 0.25) is 15.9 Å². The molecule has 0 unspecified atom stereocenters. The van der Waals surface area contributed by atoms with E-state index in [-0.39, 0.29) is 29.0 Å². The van der Waals surface area contributed by atoms with Crippen LogP contribution in [0.25, 0.3) is 10.4 Å². The molecule has 2 aromatic rings. The lowest BCUT2D eigenvalue weighted by atomic mass is 9.88. The van der Waals surface area contributed by atoms with Crippen LogP contribution in [0, 0.1) is 0 Å². The van der Waals surface area contributed by atoms with Crippen LogP contribution in [0.15, 0.2) is 29.3 Å². The fourth-order valence-electron chi connectivity index (χ4n) is 3.56. The van der Waals surface area contributed by atoms with Crippen LogP contribution in [-0.2, 0) is 14.8 Å². The fourth-order valence-corrected chi connectivity index (χ4v) is 6.04. The number of carbonyl (C=O) groups is 2. The van der Waals surface area contributed by atoms with Crippen molar-refractivity contribution in [2.24, 2.45) is 11.5 Å². The van der Waals surface area contributed by atoms with E-state index < -0.39 is 22.0 Å². The largest absolute Gasteiger partial charge is 0.446 e. The van der Waals surface area contributed by atoms with Crippen molar-refractivity contribution in [1.82, 2.24) is 9.71 Å². The summed E-state index contributed by atoms with van der Waals surface area (Å²) in [5.41, 5.74) is 11.0. The molecule has 1 aliphatic rings. The van der Waals surface area contributed by atoms with Crippen LogP contribution < -0.4 is 16.2 Å². The Morgan fingerprint density at radius 3 is 2.53 bits per heavy atom. The third-order valence-electron chi connectivity index (χ3n) is 4.99. The van der Waals surface area contributed by atoms with Gasteiger partial charge in [-0.3, -0.25) is 4.79 Å². The molecular formula is C19H24N4O5S2. The molecule has 1 aliphatic carbocycles. The predicted octanol–water partition coefficient (Wildman–Crippen LogP) is 2.33. The molecule has 0 aliphatic heterocycles. The summed E-state index contributed by atoms with van der Waals surface area (Å²) in [7, 11) is -3.82. The van der Waals surface area contributed by atoms with E-state index in [1.54, 1.807) is 19.2 Å². The van der Waals surface area contributed by atoms with Gasteiger partial charge in [0.25, 0.3) is 0 Å². The predicted molar refractivity (Wildman–Crippen MR) is 113 cm³/mol. The first-order chi connectivity index (χ1) is 14.2. The SMILES string of the molecule is CCNS(=O)(=O)c1cc(C(N)=O)ccc1-c1cnc([C@H]2CC[C@H](OC(N)=O)CC2)s1. The van der Waals surface area contributed by atoms with Gasteiger partial charge in [0, 0.05) is 29.8 Å². The topological polar surface area (TPSA) is 154 Å². The van der Waals surface area contributed by atoms with Crippen LogP contribution in [0.4, 0.5) is 4.79 Å². The number of nitrogens with zero attached hydrogens (tertiary/aromatic N) is 1. The lowest BCUT2D eigenvalue weighted by Crippen LogP contribution is -2.26. The van der Waals surface area contributed by atoms with Crippen LogP contribution in [0.1, 0.15) is 53.9 Å². The van der Waals surface area contributed by atoms with Crippen molar-refractivity contribution in [3.8, 4) is 10.4 Å². The molecule has 0 atom stereocenters. The van der Waals surface area contributed by atoms with Crippen LogP contribution in [-0.4, -0.2) is 38.1 Å². The third-order valence-corrected chi connectivity index (χ3v) is 7.76.